The molecule has 0 bridgehead atoms. The fourth-order valence-corrected chi connectivity index (χ4v) is 1.59. The predicted molar refractivity (Wildman–Crippen MR) is 61.2 cm³/mol. The van der Waals surface area contributed by atoms with Crippen molar-refractivity contribution in [1.82, 2.24) is 9.97 Å². The highest BCUT2D eigenvalue weighted by atomic mass is 35.5. The molecule has 7 heteroatoms. The lowest BCUT2D eigenvalue weighted by atomic mass is 10.1. The fraction of sp³-hybridized carbons (Fsp3) is 0. The summed E-state index contributed by atoms with van der Waals surface area (Å²) in [5.41, 5.74) is 11.3. The van der Waals surface area contributed by atoms with Crippen LogP contribution in [0.15, 0.2) is 18.2 Å². The van der Waals surface area contributed by atoms with E-state index in [2.05, 4.69) is 9.97 Å². The maximum absolute atomic E-state index is 13.1. The SMILES string of the molecule is Nc1cc(-c2cc(F)c(F)cc2Cl)nc(N)n1. The van der Waals surface area contributed by atoms with Crippen molar-refractivity contribution in [2.75, 3.05) is 11.5 Å². The Kier molecular flexibility index (Phi) is 2.81. The molecule has 17 heavy (non-hydrogen) atoms. The zero-order valence-electron chi connectivity index (χ0n) is 8.42. The predicted octanol–water partition coefficient (Wildman–Crippen LogP) is 2.24. The van der Waals surface area contributed by atoms with E-state index in [1.165, 1.54) is 6.07 Å². The first-order valence-corrected chi connectivity index (χ1v) is 4.90. The Labute approximate surface area is 100 Å². The van der Waals surface area contributed by atoms with E-state index in [4.69, 9.17) is 23.1 Å². The normalized spacial score (nSPS) is 10.5. The molecule has 88 valence electrons. The van der Waals surface area contributed by atoms with E-state index in [-0.39, 0.29) is 28.0 Å². The van der Waals surface area contributed by atoms with Crippen molar-refractivity contribution < 1.29 is 8.78 Å². The first-order valence-electron chi connectivity index (χ1n) is 4.52. The Bertz CT molecular complexity index is 569. The Morgan fingerprint density at radius 3 is 2.29 bits per heavy atom. The fourth-order valence-electron chi connectivity index (χ4n) is 1.34. The number of hydrogen-bond acceptors (Lipinski definition) is 4. The van der Waals surface area contributed by atoms with Gasteiger partial charge >= 0.3 is 0 Å². The number of nitrogens with two attached hydrogens (primary N) is 2. The van der Waals surface area contributed by atoms with E-state index in [1.807, 2.05) is 0 Å². The molecule has 0 saturated carbocycles. The maximum atomic E-state index is 13.1. The Hall–Kier alpha value is -1.95. The van der Waals surface area contributed by atoms with E-state index >= 15 is 0 Å². The molecule has 1 heterocycles. The lowest BCUT2D eigenvalue weighted by Gasteiger charge is -2.06. The minimum Gasteiger partial charge on any atom is -0.384 e. The molecule has 0 aliphatic heterocycles. The molecule has 4 N–H and O–H groups in total. The lowest BCUT2D eigenvalue weighted by Crippen LogP contribution is -2.01. The molecule has 0 aliphatic carbocycles. The third-order valence-corrected chi connectivity index (χ3v) is 2.36. The van der Waals surface area contributed by atoms with Gasteiger partial charge in [-0.3, -0.25) is 0 Å². The van der Waals surface area contributed by atoms with Gasteiger partial charge < -0.3 is 11.5 Å². The third-order valence-electron chi connectivity index (χ3n) is 2.05. The van der Waals surface area contributed by atoms with Crippen LogP contribution < -0.4 is 11.5 Å². The monoisotopic (exact) mass is 256 g/mol. The summed E-state index contributed by atoms with van der Waals surface area (Å²) in [5.74, 6) is -2.01. The number of anilines is 2. The summed E-state index contributed by atoms with van der Waals surface area (Å²) in [7, 11) is 0. The summed E-state index contributed by atoms with van der Waals surface area (Å²) >= 11 is 5.79. The Balaban J connectivity index is 2.64. The van der Waals surface area contributed by atoms with Gasteiger partial charge in [-0.15, -0.1) is 0 Å². The summed E-state index contributed by atoms with van der Waals surface area (Å²) in [6.45, 7) is 0. The minimum absolute atomic E-state index is 0.0152. The van der Waals surface area contributed by atoms with Gasteiger partial charge in [0.2, 0.25) is 5.95 Å². The van der Waals surface area contributed by atoms with Crippen molar-refractivity contribution in [1.29, 1.82) is 0 Å². The van der Waals surface area contributed by atoms with Crippen LogP contribution in [0.4, 0.5) is 20.5 Å². The number of halogens is 3. The van der Waals surface area contributed by atoms with Crippen LogP contribution in [0.2, 0.25) is 5.02 Å². The Morgan fingerprint density at radius 1 is 1.00 bits per heavy atom. The van der Waals surface area contributed by atoms with Gasteiger partial charge in [0.05, 0.1) is 10.7 Å². The molecule has 4 nitrogen and oxygen atoms in total. The van der Waals surface area contributed by atoms with Gasteiger partial charge in [-0.25, -0.2) is 13.8 Å². The van der Waals surface area contributed by atoms with Crippen molar-refractivity contribution >= 4 is 23.4 Å². The molecular formula is C10H7ClF2N4. The van der Waals surface area contributed by atoms with E-state index < -0.39 is 11.6 Å². The Morgan fingerprint density at radius 2 is 1.65 bits per heavy atom. The summed E-state index contributed by atoms with van der Waals surface area (Å²) in [5, 5.41) is 0.0152. The molecule has 0 fully saturated rings. The average molecular weight is 257 g/mol. The van der Waals surface area contributed by atoms with Crippen LogP contribution in [0, 0.1) is 11.6 Å². The first kappa shape index (κ1) is 11.5. The van der Waals surface area contributed by atoms with Crippen molar-refractivity contribution in [3.63, 3.8) is 0 Å². The molecule has 0 spiro atoms. The second-order valence-electron chi connectivity index (χ2n) is 3.28. The van der Waals surface area contributed by atoms with Crippen LogP contribution >= 0.6 is 11.6 Å². The molecule has 0 aliphatic rings. The van der Waals surface area contributed by atoms with Gasteiger partial charge in [0, 0.05) is 11.6 Å². The zero-order valence-corrected chi connectivity index (χ0v) is 9.17. The highest BCUT2D eigenvalue weighted by molar-refractivity contribution is 6.33. The second-order valence-corrected chi connectivity index (χ2v) is 3.69. The molecule has 1 aromatic carbocycles. The highest BCUT2D eigenvalue weighted by Gasteiger charge is 2.12. The van der Waals surface area contributed by atoms with E-state index in [0.29, 0.717) is 0 Å². The summed E-state index contributed by atoms with van der Waals surface area (Å²) in [4.78, 5) is 7.51. The van der Waals surface area contributed by atoms with Gasteiger partial charge in [0.15, 0.2) is 11.6 Å². The van der Waals surface area contributed by atoms with Crippen LogP contribution in [0.3, 0.4) is 0 Å². The molecule has 0 atom stereocenters. The summed E-state index contributed by atoms with van der Waals surface area (Å²) < 4.78 is 26.0. The number of hydrogen-bond donors (Lipinski definition) is 2. The van der Waals surface area contributed by atoms with Gasteiger partial charge in [0.1, 0.15) is 5.82 Å². The van der Waals surface area contributed by atoms with E-state index in [9.17, 15) is 8.78 Å². The van der Waals surface area contributed by atoms with Crippen molar-refractivity contribution in [2.45, 2.75) is 0 Å². The minimum atomic E-state index is -1.03. The number of nitrogen functional groups attached to an aromatic ring is 2. The summed E-state index contributed by atoms with van der Waals surface area (Å²) in [6.07, 6.45) is 0. The molecule has 1 aromatic heterocycles. The quantitative estimate of drug-likeness (QED) is 0.767. The van der Waals surface area contributed by atoms with Crippen molar-refractivity contribution in [2.24, 2.45) is 0 Å². The van der Waals surface area contributed by atoms with Gasteiger partial charge in [-0.05, 0) is 12.1 Å². The first-order chi connectivity index (χ1) is 7.97. The number of benzene rings is 1. The number of nitrogens with zero attached hydrogens (tertiary/aromatic N) is 2. The lowest BCUT2D eigenvalue weighted by molar-refractivity contribution is 0.509. The van der Waals surface area contributed by atoms with Crippen molar-refractivity contribution in [3.8, 4) is 11.3 Å². The maximum Gasteiger partial charge on any atom is 0.222 e. The van der Waals surface area contributed by atoms with Gasteiger partial charge in [0.25, 0.3) is 0 Å². The second kappa shape index (κ2) is 4.14. The van der Waals surface area contributed by atoms with E-state index in [1.54, 1.807) is 0 Å². The number of aromatic nitrogens is 2. The molecule has 0 saturated heterocycles. The zero-order chi connectivity index (χ0) is 12.6. The standard InChI is InChI=1S/C10H7ClF2N4/c11-5-2-7(13)6(12)1-4(5)8-3-9(14)17-10(15)16-8/h1-3H,(H4,14,15,16,17). The van der Waals surface area contributed by atoms with E-state index in [0.717, 1.165) is 12.1 Å². The molecular weight excluding hydrogens is 250 g/mol. The summed E-state index contributed by atoms with van der Waals surface area (Å²) in [6, 6.07) is 3.16. The molecule has 2 aromatic rings. The molecule has 0 radical (unpaired) electrons. The third kappa shape index (κ3) is 2.26. The van der Waals surface area contributed by atoms with Gasteiger partial charge in [-0.2, -0.15) is 4.98 Å². The highest BCUT2D eigenvalue weighted by Crippen LogP contribution is 2.29. The topological polar surface area (TPSA) is 77.8 Å². The number of rotatable bonds is 1. The van der Waals surface area contributed by atoms with Crippen LogP contribution in [0.5, 0.6) is 0 Å². The van der Waals surface area contributed by atoms with Crippen molar-refractivity contribution in [3.05, 3.63) is 34.9 Å². The molecule has 2 rings (SSSR count). The molecule has 0 unspecified atom stereocenters. The average Bonchev–Trinajstić information content (AvgIpc) is 2.22. The van der Waals surface area contributed by atoms with Crippen LogP contribution in [-0.2, 0) is 0 Å². The largest absolute Gasteiger partial charge is 0.384 e. The van der Waals surface area contributed by atoms with Crippen LogP contribution in [-0.4, -0.2) is 9.97 Å². The smallest absolute Gasteiger partial charge is 0.222 e. The van der Waals surface area contributed by atoms with Crippen LogP contribution in [0.1, 0.15) is 0 Å². The van der Waals surface area contributed by atoms with Crippen LogP contribution in [0.25, 0.3) is 11.3 Å². The molecule has 0 amide bonds. The van der Waals surface area contributed by atoms with Gasteiger partial charge in [-0.1, -0.05) is 11.6 Å².